The number of carbonyl (C=O) groups excluding carboxylic acids is 2. The highest BCUT2D eigenvalue weighted by Gasteiger charge is 2.56. The van der Waals surface area contributed by atoms with Crippen LogP contribution in [-0.2, 0) is 24.2 Å². The highest BCUT2D eigenvalue weighted by atomic mass is 32.2. The standard InChI is InChI=1S/C13H20FNO5S/c1-20-11(17)12(14)7-8-15(9-12)10(16)13(21(2,18)19)5-3-4-6-13/h3-9H2,1-2H3. The van der Waals surface area contributed by atoms with Crippen molar-refractivity contribution in [3.63, 3.8) is 0 Å². The Morgan fingerprint density at radius 3 is 2.24 bits per heavy atom. The Labute approximate surface area is 123 Å². The number of amides is 1. The second kappa shape index (κ2) is 5.23. The van der Waals surface area contributed by atoms with Gasteiger partial charge in [-0.15, -0.1) is 0 Å². The van der Waals surface area contributed by atoms with E-state index in [-0.39, 0.29) is 25.8 Å². The number of methoxy groups -OCH3 is 1. The first-order valence-electron chi connectivity index (χ1n) is 6.93. The van der Waals surface area contributed by atoms with Gasteiger partial charge < -0.3 is 9.64 Å². The lowest BCUT2D eigenvalue weighted by Gasteiger charge is -2.30. The maximum Gasteiger partial charge on any atom is 0.345 e. The van der Waals surface area contributed by atoms with Crippen LogP contribution in [0.25, 0.3) is 0 Å². The number of alkyl halides is 1. The molecule has 0 aromatic rings. The quantitative estimate of drug-likeness (QED) is 0.705. The third-order valence-corrected chi connectivity index (χ3v) is 6.57. The summed E-state index contributed by atoms with van der Waals surface area (Å²) in [7, 11) is -2.51. The highest BCUT2D eigenvalue weighted by Crippen LogP contribution is 2.40. The van der Waals surface area contributed by atoms with Crippen molar-refractivity contribution < 1.29 is 27.1 Å². The van der Waals surface area contributed by atoms with Gasteiger partial charge in [-0.3, -0.25) is 4.79 Å². The Morgan fingerprint density at radius 2 is 1.76 bits per heavy atom. The van der Waals surface area contributed by atoms with Gasteiger partial charge in [0.15, 0.2) is 14.6 Å². The van der Waals surface area contributed by atoms with E-state index in [0.29, 0.717) is 12.8 Å². The molecule has 1 atom stereocenters. The van der Waals surface area contributed by atoms with Crippen LogP contribution in [-0.4, -0.2) is 62.1 Å². The zero-order chi connectivity index (χ0) is 15.9. The summed E-state index contributed by atoms with van der Waals surface area (Å²) in [5, 5.41) is 0. The number of nitrogens with zero attached hydrogens (tertiary/aromatic N) is 1. The normalized spacial score (nSPS) is 28.6. The molecule has 0 aromatic heterocycles. The van der Waals surface area contributed by atoms with Crippen molar-refractivity contribution in [3.8, 4) is 0 Å². The van der Waals surface area contributed by atoms with Gasteiger partial charge in [0.25, 0.3) is 0 Å². The van der Waals surface area contributed by atoms with Gasteiger partial charge in [0.1, 0.15) is 0 Å². The monoisotopic (exact) mass is 321 g/mol. The summed E-state index contributed by atoms with van der Waals surface area (Å²) < 4.78 is 41.5. The molecule has 1 heterocycles. The van der Waals surface area contributed by atoms with Gasteiger partial charge >= 0.3 is 5.97 Å². The molecular formula is C13H20FNO5S. The summed E-state index contributed by atoms with van der Waals surface area (Å²) in [5.74, 6) is -1.59. The molecular weight excluding hydrogens is 301 g/mol. The first kappa shape index (κ1) is 16.2. The summed E-state index contributed by atoms with van der Waals surface area (Å²) in [5.41, 5.74) is -2.23. The molecule has 1 aliphatic carbocycles. The molecule has 1 saturated carbocycles. The zero-order valence-electron chi connectivity index (χ0n) is 12.2. The number of hydrogen-bond acceptors (Lipinski definition) is 5. The van der Waals surface area contributed by atoms with Crippen molar-refractivity contribution in [2.75, 3.05) is 26.5 Å². The molecule has 0 spiro atoms. The number of carbonyl (C=O) groups is 2. The third kappa shape index (κ3) is 2.54. The van der Waals surface area contributed by atoms with E-state index in [1.165, 1.54) is 0 Å². The number of ether oxygens (including phenoxy) is 1. The van der Waals surface area contributed by atoms with Crippen LogP contribution in [0, 0.1) is 0 Å². The fraction of sp³-hybridized carbons (Fsp3) is 0.846. The second-order valence-electron chi connectivity index (χ2n) is 5.91. The van der Waals surface area contributed by atoms with Crippen molar-refractivity contribution in [1.82, 2.24) is 4.90 Å². The van der Waals surface area contributed by atoms with E-state index in [1.54, 1.807) is 0 Å². The fourth-order valence-electron chi connectivity index (χ4n) is 3.27. The summed E-state index contributed by atoms with van der Waals surface area (Å²) in [4.78, 5) is 25.2. The molecule has 2 rings (SSSR count). The summed E-state index contributed by atoms with van der Waals surface area (Å²) in [6.07, 6.45) is 2.73. The van der Waals surface area contributed by atoms with E-state index in [9.17, 15) is 22.4 Å². The Kier molecular flexibility index (Phi) is 4.03. The Balaban J connectivity index is 2.23. The highest BCUT2D eigenvalue weighted by molar-refractivity contribution is 7.92. The summed E-state index contributed by atoms with van der Waals surface area (Å²) >= 11 is 0. The SMILES string of the molecule is COC(=O)C1(F)CCN(C(=O)C2(S(C)(=O)=O)CCCC2)C1. The molecule has 0 N–H and O–H groups in total. The van der Waals surface area contributed by atoms with E-state index >= 15 is 0 Å². The molecule has 0 radical (unpaired) electrons. The van der Waals surface area contributed by atoms with Gasteiger partial charge in [0, 0.05) is 19.2 Å². The predicted molar refractivity (Wildman–Crippen MR) is 73.1 cm³/mol. The number of rotatable bonds is 3. The minimum absolute atomic E-state index is 0.0295. The van der Waals surface area contributed by atoms with E-state index in [4.69, 9.17) is 0 Å². The van der Waals surface area contributed by atoms with E-state index in [0.717, 1.165) is 18.3 Å². The molecule has 2 aliphatic rings. The molecule has 0 bridgehead atoms. The zero-order valence-corrected chi connectivity index (χ0v) is 13.0. The molecule has 6 nitrogen and oxygen atoms in total. The molecule has 1 amide bonds. The van der Waals surface area contributed by atoms with Gasteiger partial charge in [0.05, 0.1) is 13.7 Å². The van der Waals surface area contributed by atoms with Crippen LogP contribution in [0.1, 0.15) is 32.1 Å². The van der Waals surface area contributed by atoms with Crippen molar-refractivity contribution in [1.29, 1.82) is 0 Å². The van der Waals surface area contributed by atoms with Crippen LogP contribution >= 0.6 is 0 Å². The Hall–Kier alpha value is -1.18. The summed E-state index contributed by atoms with van der Waals surface area (Å²) in [6, 6.07) is 0. The van der Waals surface area contributed by atoms with Crippen LogP contribution in [0.4, 0.5) is 4.39 Å². The molecule has 1 saturated heterocycles. The van der Waals surface area contributed by atoms with Gasteiger partial charge in [-0.1, -0.05) is 12.8 Å². The van der Waals surface area contributed by atoms with Crippen molar-refractivity contribution in [3.05, 3.63) is 0 Å². The molecule has 0 aromatic carbocycles. The van der Waals surface area contributed by atoms with Crippen molar-refractivity contribution in [2.24, 2.45) is 0 Å². The number of likely N-dealkylation sites (tertiary alicyclic amines) is 1. The molecule has 1 unspecified atom stereocenters. The van der Waals surface area contributed by atoms with Crippen LogP contribution in [0.5, 0.6) is 0 Å². The van der Waals surface area contributed by atoms with Crippen LogP contribution in [0.3, 0.4) is 0 Å². The average molecular weight is 321 g/mol. The Morgan fingerprint density at radius 1 is 1.19 bits per heavy atom. The smallest absolute Gasteiger partial charge is 0.345 e. The maximum absolute atomic E-state index is 14.4. The molecule has 120 valence electrons. The predicted octanol–water partition coefficient (Wildman–Crippen LogP) is 0.457. The second-order valence-corrected chi connectivity index (χ2v) is 8.23. The minimum Gasteiger partial charge on any atom is -0.467 e. The topological polar surface area (TPSA) is 80.8 Å². The van der Waals surface area contributed by atoms with Gasteiger partial charge in [-0.05, 0) is 12.8 Å². The molecule has 8 heteroatoms. The lowest BCUT2D eigenvalue weighted by Crippen LogP contribution is -2.52. The first-order chi connectivity index (χ1) is 9.66. The maximum atomic E-state index is 14.4. The van der Waals surface area contributed by atoms with E-state index < -0.39 is 38.7 Å². The van der Waals surface area contributed by atoms with Gasteiger partial charge in [-0.25, -0.2) is 17.6 Å². The van der Waals surface area contributed by atoms with Gasteiger partial charge in [0.2, 0.25) is 11.6 Å². The lowest BCUT2D eigenvalue weighted by molar-refractivity contribution is -0.154. The van der Waals surface area contributed by atoms with E-state index in [2.05, 4.69) is 4.74 Å². The minimum atomic E-state index is -3.59. The van der Waals surface area contributed by atoms with Crippen LogP contribution in [0.2, 0.25) is 0 Å². The molecule has 2 fully saturated rings. The third-order valence-electron chi connectivity index (χ3n) is 4.57. The number of esters is 1. The van der Waals surface area contributed by atoms with Crippen molar-refractivity contribution >= 4 is 21.7 Å². The number of sulfone groups is 1. The van der Waals surface area contributed by atoms with Crippen molar-refractivity contribution in [2.45, 2.75) is 42.5 Å². The lowest BCUT2D eigenvalue weighted by atomic mass is 10.0. The largest absolute Gasteiger partial charge is 0.467 e. The molecule has 1 aliphatic heterocycles. The van der Waals surface area contributed by atoms with E-state index in [1.807, 2.05) is 0 Å². The van der Waals surface area contributed by atoms with Crippen LogP contribution in [0.15, 0.2) is 0 Å². The molecule has 21 heavy (non-hydrogen) atoms. The Bertz CT molecular complexity index is 555. The number of halogens is 1. The summed E-state index contributed by atoms with van der Waals surface area (Å²) in [6.45, 7) is -0.405. The first-order valence-corrected chi connectivity index (χ1v) is 8.82. The number of hydrogen-bond donors (Lipinski definition) is 0. The average Bonchev–Trinajstić information content (AvgIpc) is 3.04. The van der Waals surface area contributed by atoms with Crippen LogP contribution < -0.4 is 0 Å². The fourth-order valence-corrected chi connectivity index (χ4v) is 4.75. The van der Waals surface area contributed by atoms with Gasteiger partial charge in [-0.2, -0.15) is 0 Å².